The van der Waals surface area contributed by atoms with Gasteiger partial charge in [-0.1, -0.05) is 13.8 Å². The van der Waals surface area contributed by atoms with Gasteiger partial charge in [-0.25, -0.2) is 0 Å². The lowest BCUT2D eigenvalue weighted by Gasteiger charge is -2.19. The Morgan fingerprint density at radius 1 is 1.40 bits per heavy atom. The molecule has 0 aliphatic carbocycles. The van der Waals surface area contributed by atoms with E-state index in [1.807, 2.05) is 13.8 Å². The minimum Gasteiger partial charge on any atom is -0.350 e. The summed E-state index contributed by atoms with van der Waals surface area (Å²) in [5.41, 5.74) is 0. The Morgan fingerprint density at radius 2 is 2.00 bits per heavy atom. The Kier molecular flexibility index (Phi) is 6.70. The lowest BCUT2D eigenvalue weighted by Crippen LogP contribution is -2.47. The number of carbonyl (C=O) groups is 3. The zero-order chi connectivity index (χ0) is 11.8. The highest BCUT2D eigenvalue weighted by Gasteiger charge is 2.22. The van der Waals surface area contributed by atoms with Gasteiger partial charge in [0, 0.05) is 0 Å². The number of amides is 2. The van der Waals surface area contributed by atoms with Crippen LogP contribution < -0.4 is 10.6 Å². The molecule has 0 aromatic rings. The minimum absolute atomic E-state index is 0.0311. The Labute approximate surface area is 93.5 Å². The van der Waals surface area contributed by atoms with Crippen molar-refractivity contribution in [2.24, 2.45) is 5.92 Å². The fraction of sp³-hybridized carbons (Fsp3) is 0.667. The van der Waals surface area contributed by atoms with E-state index in [1.54, 1.807) is 0 Å². The van der Waals surface area contributed by atoms with Gasteiger partial charge in [0.2, 0.25) is 12.3 Å². The molecule has 5 nitrogen and oxygen atoms in total. The van der Waals surface area contributed by atoms with E-state index in [-0.39, 0.29) is 24.1 Å². The van der Waals surface area contributed by atoms with Gasteiger partial charge in [-0.15, -0.1) is 11.6 Å². The summed E-state index contributed by atoms with van der Waals surface area (Å²) in [7, 11) is 0. The number of hydrogen-bond acceptors (Lipinski definition) is 3. The molecule has 0 fully saturated rings. The van der Waals surface area contributed by atoms with E-state index in [9.17, 15) is 14.4 Å². The SMILES string of the molecule is CC(C)[C@H](NC(=O)CNC=O)C(=O)CCl. The minimum atomic E-state index is -0.594. The first-order valence-corrected chi connectivity index (χ1v) is 5.11. The summed E-state index contributed by atoms with van der Waals surface area (Å²) in [5, 5.41) is 4.72. The summed E-state index contributed by atoms with van der Waals surface area (Å²) in [5.74, 6) is -0.800. The van der Waals surface area contributed by atoms with Crippen LogP contribution in [0.3, 0.4) is 0 Å². The van der Waals surface area contributed by atoms with E-state index in [0.29, 0.717) is 6.41 Å². The van der Waals surface area contributed by atoms with E-state index in [1.165, 1.54) is 0 Å². The fourth-order valence-corrected chi connectivity index (χ4v) is 1.23. The van der Waals surface area contributed by atoms with Gasteiger partial charge in [-0.3, -0.25) is 14.4 Å². The smallest absolute Gasteiger partial charge is 0.239 e. The average Bonchev–Trinajstić information content (AvgIpc) is 2.21. The molecule has 0 aromatic carbocycles. The third kappa shape index (κ3) is 5.37. The molecule has 0 aliphatic heterocycles. The highest BCUT2D eigenvalue weighted by molar-refractivity contribution is 6.28. The molecular formula is C9H15ClN2O3. The Hall–Kier alpha value is -1.10. The summed E-state index contributed by atoms with van der Waals surface area (Å²) in [6.07, 6.45) is 0.424. The second-order valence-corrected chi connectivity index (χ2v) is 3.66. The Balaban J connectivity index is 4.22. The molecule has 0 bridgehead atoms. The molecule has 0 aromatic heterocycles. The number of ketones is 1. The highest BCUT2D eigenvalue weighted by Crippen LogP contribution is 2.03. The Morgan fingerprint density at radius 3 is 2.40 bits per heavy atom. The first-order chi connectivity index (χ1) is 7.02. The van der Waals surface area contributed by atoms with E-state index >= 15 is 0 Å². The van der Waals surface area contributed by atoms with Gasteiger partial charge in [-0.05, 0) is 5.92 Å². The molecule has 0 saturated heterocycles. The lowest BCUT2D eigenvalue weighted by atomic mass is 10.0. The molecule has 0 saturated carbocycles. The fourth-order valence-electron chi connectivity index (χ4n) is 1.06. The summed E-state index contributed by atoms with van der Waals surface area (Å²) < 4.78 is 0. The van der Waals surface area contributed by atoms with Crippen LogP contribution in [0.15, 0.2) is 0 Å². The summed E-state index contributed by atoms with van der Waals surface area (Å²) in [6.45, 7) is 3.48. The van der Waals surface area contributed by atoms with Gasteiger partial charge in [0.15, 0.2) is 5.78 Å². The van der Waals surface area contributed by atoms with E-state index in [4.69, 9.17) is 11.6 Å². The summed E-state index contributed by atoms with van der Waals surface area (Å²) >= 11 is 5.41. The van der Waals surface area contributed by atoms with Crippen LogP contribution >= 0.6 is 11.6 Å². The van der Waals surface area contributed by atoms with Crippen LogP contribution in [0, 0.1) is 5.92 Å². The molecule has 0 heterocycles. The largest absolute Gasteiger partial charge is 0.350 e. The maximum Gasteiger partial charge on any atom is 0.239 e. The molecule has 15 heavy (non-hydrogen) atoms. The maximum absolute atomic E-state index is 11.3. The third-order valence-electron chi connectivity index (χ3n) is 1.81. The van der Waals surface area contributed by atoms with Crippen molar-refractivity contribution >= 4 is 29.7 Å². The molecule has 2 N–H and O–H groups in total. The van der Waals surface area contributed by atoms with E-state index < -0.39 is 11.9 Å². The zero-order valence-electron chi connectivity index (χ0n) is 8.75. The van der Waals surface area contributed by atoms with E-state index in [2.05, 4.69) is 10.6 Å². The van der Waals surface area contributed by atoms with E-state index in [0.717, 1.165) is 0 Å². The second-order valence-electron chi connectivity index (χ2n) is 3.39. The predicted octanol–water partition coefficient (Wildman–Crippen LogP) is -0.319. The van der Waals surface area contributed by atoms with Crippen molar-refractivity contribution in [2.45, 2.75) is 19.9 Å². The molecular weight excluding hydrogens is 220 g/mol. The number of nitrogens with one attached hydrogen (secondary N) is 2. The van der Waals surface area contributed by atoms with Crippen molar-refractivity contribution in [3.8, 4) is 0 Å². The standard InChI is InChI=1S/C9H15ClN2O3/c1-6(2)9(7(14)3-10)12-8(15)4-11-5-13/h5-6,9H,3-4H2,1-2H3,(H,11,13)(H,12,15)/t9-/m0/s1. The predicted molar refractivity (Wildman–Crippen MR) is 56.6 cm³/mol. The molecule has 0 radical (unpaired) electrons. The molecule has 1 atom stereocenters. The molecule has 0 spiro atoms. The van der Waals surface area contributed by atoms with Crippen LogP contribution in [0.4, 0.5) is 0 Å². The zero-order valence-corrected chi connectivity index (χ0v) is 9.50. The van der Waals surface area contributed by atoms with Crippen molar-refractivity contribution in [1.82, 2.24) is 10.6 Å². The van der Waals surface area contributed by atoms with Crippen LogP contribution in [0.5, 0.6) is 0 Å². The molecule has 0 rings (SSSR count). The molecule has 2 amide bonds. The van der Waals surface area contributed by atoms with Gasteiger partial charge >= 0.3 is 0 Å². The van der Waals surface area contributed by atoms with Crippen molar-refractivity contribution in [1.29, 1.82) is 0 Å². The first kappa shape index (κ1) is 13.9. The third-order valence-corrected chi connectivity index (χ3v) is 2.07. The topological polar surface area (TPSA) is 75.3 Å². The van der Waals surface area contributed by atoms with Crippen molar-refractivity contribution in [2.75, 3.05) is 12.4 Å². The monoisotopic (exact) mass is 234 g/mol. The van der Waals surface area contributed by atoms with Crippen molar-refractivity contribution in [3.05, 3.63) is 0 Å². The van der Waals surface area contributed by atoms with Crippen LogP contribution in [0.2, 0.25) is 0 Å². The maximum atomic E-state index is 11.3. The number of carbonyl (C=O) groups excluding carboxylic acids is 3. The molecule has 0 aliphatic rings. The normalized spacial score (nSPS) is 12.0. The van der Waals surface area contributed by atoms with Crippen LogP contribution in [-0.2, 0) is 14.4 Å². The summed E-state index contributed by atoms with van der Waals surface area (Å²) in [6, 6.07) is -0.594. The van der Waals surface area contributed by atoms with Gasteiger partial charge in [0.25, 0.3) is 0 Å². The van der Waals surface area contributed by atoms with Crippen LogP contribution in [0.25, 0.3) is 0 Å². The quantitative estimate of drug-likeness (QED) is 0.468. The Bertz CT molecular complexity index is 244. The lowest BCUT2D eigenvalue weighted by molar-refractivity contribution is -0.127. The molecule has 0 unspecified atom stereocenters. The number of alkyl halides is 1. The van der Waals surface area contributed by atoms with Crippen molar-refractivity contribution < 1.29 is 14.4 Å². The number of halogens is 1. The molecule has 86 valence electrons. The molecule has 6 heteroatoms. The van der Waals surface area contributed by atoms with Gasteiger partial charge < -0.3 is 10.6 Å². The van der Waals surface area contributed by atoms with Gasteiger partial charge in [-0.2, -0.15) is 0 Å². The first-order valence-electron chi connectivity index (χ1n) is 4.58. The van der Waals surface area contributed by atoms with Gasteiger partial charge in [0.05, 0.1) is 18.5 Å². The van der Waals surface area contributed by atoms with Crippen molar-refractivity contribution in [3.63, 3.8) is 0 Å². The second kappa shape index (κ2) is 7.23. The summed E-state index contributed by atoms with van der Waals surface area (Å²) in [4.78, 5) is 32.5. The number of rotatable bonds is 7. The highest BCUT2D eigenvalue weighted by atomic mass is 35.5. The van der Waals surface area contributed by atoms with Crippen LogP contribution in [0.1, 0.15) is 13.8 Å². The average molecular weight is 235 g/mol. The number of hydrogen-bond donors (Lipinski definition) is 2. The van der Waals surface area contributed by atoms with Gasteiger partial charge in [0.1, 0.15) is 0 Å². The number of Topliss-reactive ketones (excluding diaryl/α,β-unsaturated/α-hetero) is 1. The van der Waals surface area contributed by atoms with Crippen LogP contribution in [-0.4, -0.2) is 36.6 Å².